The molecule has 0 aliphatic carbocycles. The van der Waals surface area contributed by atoms with Crippen LogP contribution in [0.3, 0.4) is 0 Å². The lowest BCUT2D eigenvalue weighted by molar-refractivity contribution is 0.0522. The lowest BCUT2D eigenvalue weighted by Gasteiger charge is -2.14. The van der Waals surface area contributed by atoms with Crippen LogP contribution in [0, 0.1) is 0 Å². The minimum atomic E-state index is -0.492. The number of carbonyl (C=O) groups excluding carboxylic acids is 2. The normalized spacial score (nSPS) is 10.9. The molecule has 0 bridgehead atoms. The van der Waals surface area contributed by atoms with E-state index in [0.717, 1.165) is 10.9 Å². The predicted octanol–water partition coefficient (Wildman–Crippen LogP) is 2.37. The molecule has 1 aromatic carbocycles. The molecule has 0 unspecified atom stereocenters. The Kier molecular flexibility index (Phi) is 3.73. The summed E-state index contributed by atoms with van der Waals surface area (Å²) in [5.74, 6) is -0.617. The van der Waals surface area contributed by atoms with Gasteiger partial charge in [-0.05, 0) is 19.1 Å². The van der Waals surface area contributed by atoms with Crippen molar-refractivity contribution in [3.8, 4) is 0 Å². The molecular formula is C17H17N3O3. The van der Waals surface area contributed by atoms with Gasteiger partial charge in [-0.1, -0.05) is 18.2 Å². The first-order chi connectivity index (χ1) is 11.0. The molecule has 0 aliphatic rings. The van der Waals surface area contributed by atoms with E-state index in [4.69, 9.17) is 4.74 Å². The van der Waals surface area contributed by atoms with Gasteiger partial charge in [0.1, 0.15) is 6.33 Å². The van der Waals surface area contributed by atoms with Crippen LogP contribution < -0.4 is 0 Å². The second-order valence-corrected chi connectivity index (χ2v) is 5.34. The molecule has 6 heteroatoms. The first-order valence-corrected chi connectivity index (χ1v) is 7.32. The zero-order valence-electron chi connectivity index (χ0n) is 13.2. The highest BCUT2D eigenvalue weighted by atomic mass is 16.5. The molecule has 0 atom stereocenters. The van der Waals surface area contributed by atoms with Crippen molar-refractivity contribution in [3.63, 3.8) is 0 Å². The van der Waals surface area contributed by atoms with E-state index in [0.29, 0.717) is 11.1 Å². The summed E-state index contributed by atoms with van der Waals surface area (Å²) in [5, 5.41) is 0.812. The third-order valence-electron chi connectivity index (χ3n) is 3.64. The molecule has 0 N–H and O–H groups in total. The second kappa shape index (κ2) is 5.72. The Hall–Kier alpha value is -2.89. The highest BCUT2D eigenvalue weighted by Crippen LogP contribution is 2.25. The maximum Gasteiger partial charge on any atom is 0.359 e. The smallest absolute Gasteiger partial charge is 0.359 e. The van der Waals surface area contributed by atoms with Gasteiger partial charge in [-0.15, -0.1) is 0 Å². The van der Waals surface area contributed by atoms with Crippen molar-refractivity contribution in [2.75, 3.05) is 20.7 Å². The second-order valence-electron chi connectivity index (χ2n) is 5.34. The molecule has 2 aromatic heterocycles. The lowest BCUT2D eigenvalue weighted by atomic mass is 10.1. The number of ether oxygens (including phenoxy) is 1. The van der Waals surface area contributed by atoms with Crippen molar-refractivity contribution in [2.45, 2.75) is 6.92 Å². The van der Waals surface area contributed by atoms with Gasteiger partial charge >= 0.3 is 5.97 Å². The molecule has 6 nitrogen and oxygen atoms in total. The van der Waals surface area contributed by atoms with E-state index in [-0.39, 0.29) is 18.2 Å². The molecule has 1 amide bonds. The maximum atomic E-state index is 12.5. The lowest BCUT2D eigenvalue weighted by Crippen LogP contribution is -2.22. The summed E-state index contributed by atoms with van der Waals surface area (Å²) >= 11 is 0. The van der Waals surface area contributed by atoms with Crippen molar-refractivity contribution in [1.29, 1.82) is 0 Å². The van der Waals surface area contributed by atoms with Crippen molar-refractivity contribution in [1.82, 2.24) is 14.3 Å². The number of imidazole rings is 1. The average Bonchev–Trinajstić information content (AvgIpc) is 2.97. The molecule has 0 saturated heterocycles. The number of pyridine rings is 1. The van der Waals surface area contributed by atoms with E-state index < -0.39 is 5.97 Å². The summed E-state index contributed by atoms with van der Waals surface area (Å²) in [6.45, 7) is 2.02. The Labute approximate surface area is 133 Å². The molecule has 0 fully saturated rings. The Bertz CT molecular complexity index is 912. The van der Waals surface area contributed by atoms with Crippen LogP contribution in [0.15, 0.2) is 36.7 Å². The van der Waals surface area contributed by atoms with Gasteiger partial charge < -0.3 is 9.64 Å². The number of amides is 1. The molecule has 0 saturated carbocycles. The molecule has 2 heterocycles. The van der Waals surface area contributed by atoms with Crippen molar-refractivity contribution < 1.29 is 14.3 Å². The van der Waals surface area contributed by atoms with E-state index in [1.165, 1.54) is 4.90 Å². The topological polar surface area (TPSA) is 63.9 Å². The van der Waals surface area contributed by atoms with Gasteiger partial charge in [-0.3, -0.25) is 9.20 Å². The van der Waals surface area contributed by atoms with E-state index in [2.05, 4.69) is 4.98 Å². The molecule has 3 rings (SSSR count). The summed E-state index contributed by atoms with van der Waals surface area (Å²) in [4.78, 5) is 30.3. The van der Waals surface area contributed by atoms with Gasteiger partial charge in [-0.2, -0.15) is 0 Å². The third-order valence-corrected chi connectivity index (χ3v) is 3.64. The van der Waals surface area contributed by atoms with Crippen LogP contribution in [0.25, 0.3) is 16.4 Å². The molecular weight excluding hydrogens is 294 g/mol. The first kappa shape index (κ1) is 15.0. The van der Waals surface area contributed by atoms with Gasteiger partial charge in [0.2, 0.25) is 0 Å². The Balaban J connectivity index is 2.35. The van der Waals surface area contributed by atoms with Crippen molar-refractivity contribution in [2.24, 2.45) is 0 Å². The Morgan fingerprint density at radius 1 is 1.22 bits per heavy atom. The van der Waals surface area contributed by atoms with Crippen LogP contribution in [0.2, 0.25) is 0 Å². The summed E-state index contributed by atoms with van der Waals surface area (Å²) in [6.07, 6.45) is 1.58. The van der Waals surface area contributed by atoms with Crippen LogP contribution in [-0.2, 0) is 4.74 Å². The summed E-state index contributed by atoms with van der Waals surface area (Å²) in [5.41, 5.74) is 2.13. The molecule has 3 aromatic rings. The fraction of sp³-hybridized carbons (Fsp3) is 0.235. The number of carbonyl (C=O) groups is 2. The summed E-state index contributed by atoms with van der Waals surface area (Å²) in [7, 11) is 3.40. The van der Waals surface area contributed by atoms with Gasteiger partial charge in [-0.25, -0.2) is 9.78 Å². The number of benzene rings is 1. The molecule has 118 valence electrons. The van der Waals surface area contributed by atoms with Gasteiger partial charge in [0, 0.05) is 19.5 Å². The molecule has 0 radical (unpaired) electrons. The summed E-state index contributed by atoms with van der Waals surface area (Å²) < 4.78 is 6.84. The van der Waals surface area contributed by atoms with E-state index in [1.54, 1.807) is 37.8 Å². The number of para-hydroxylation sites is 1. The first-order valence-electron chi connectivity index (χ1n) is 7.32. The van der Waals surface area contributed by atoms with E-state index >= 15 is 0 Å². The van der Waals surface area contributed by atoms with Crippen LogP contribution in [-0.4, -0.2) is 46.9 Å². The van der Waals surface area contributed by atoms with Crippen LogP contribution >= 0.6 is 0 Å². The Morgan fingerprint density at radius 2 is 1.96 bits per heavy atom. The third kappa shape index (κ3) is 2.42. The number of esters is 1. The van der Waals surface area contributed by atoms with Crippen molar-refractivity contribution in [3.05, 3.63) is 47.9 Å². The Morgan fingerprint density at radius 3 is 2.65 bits per heavy atom. The number of rotatable bonds is 3. The highest BCUT2D eigenvalue weighted by Gasteiger charge is 2.20. The standard InChI is InChI=1S/C17H17N3O3/c1-4-23-17(22)15-14-9-12(16(21)19(2)3)11-7-5-6-8-13(11)20(14)10-18-15/h5-10H,4H2,1-3H3. The van der Waals surface area contributed by atoms with E-state index in [9.17, 15) is 9.59 Å². The number of hydrogen-bond acceptors (Lipinski definition) is 4. The fourth-order valence-electron chi connectivity index (χ4n) is 2.59. The number of hydrogen-bond donors (Lipinski definition) is 0. The van der Waals surface area contributed by atoms with Crippen molar-refractivity contribution >= 4 is 28.3 Å². The zero-order chi connectivity index (χ0) is 16.6. The number of fused-ring (bicyclic) bond motifs is 3. The van der Waals surface area contributed by atoms with Crippen LogP contribution in [0.4, 0.5) is 0 Å². The van der Waals surface area contributed by atoms with Crippen LogP contribution in [0.1, 0.15) is 27.8 Å². The van der Waals surface area contributed by atoms with Crippen LogP contribution in [0.5, 0.6) is 0 Å². The quantitative estimate of drug-likeness (QED) is 0.697. The molecule has 23 heavy (non-hydrogen) atoms. The maximum absolute atomic E-state index is 12.5. The largest absolute Gasteiger partial charge is 0.461 e. The zero-order valence-corrected chi connectivity index (χ0v) is 13.2. The predicted molar refractivity (Wildman–Crippen MR) is 86.7 cm³/mol. The van der Waals surface area contributed by atoms with Gasteiger partial charge in [0.25, 0.3) is 5.91 Å². The molecule has 0 spiro atoms. The number of aromatic nitrogens is 2. The van der Waals surface area contributed by atoms with Gasteiger partial charge in [0.05, 0.1) is 23.2 Å². The fourth-order valence-corrected chi connectivity index (χ4v) is 2.59. The summed E-state index contributed by atoms with van der Waals surface area (Å²) in [6, 6.07) is 9.24. The minimum absolute atomic E-state index is 0.125. The SMILES string of the molecule is CCOC(=O)c1ncn2c1cc(C(=O)N(C)C)c1ccccc12. The minimum Gasteiger partial charge on any atom is -0.461 e. The number of nitrogens with zero attached hydrogens (tertiary/aromatic N) is 3. The monoisotopic (exact) mass is 311 g/mol. The van der Waals surface area contributed by atoms with Gasteiger partial charge in [0.15, 0.2) is 5.69 Å². The average molecular weight is 311 g/mol. The van der Waals surface area contributed by atoms with E-state index in [1.807, 2.05) is 24.3 Å². The highest BCUT2D eigenvalue weighted by molar-refractivity contribution is 6.09. The molecule has 0 aliphatic heterocycles.